The summed E-state index contributed by atoms with van der Waals surface area (Å²) in [5, 5.41) is 6.46. The van der Waals surface area contributed by atoms with Crippen LogP contribution in [0.1, 0.15) is 35.1 Å². The maximum atomic E-state index is 6.11. The van der Waals surface area contributed by atoms with Crippen molar-refractivity contribution in [3.8, 4) is 5.75 Å². The second-order valence-electron chi connectivity index (χ2n) is 8.61. The minimum absolute atomic E-state index is 0.313. The largest absolute Gasteiger partial charge is 0.489 e. The van der Waals surface area contributed by atoms with Gasteiger partial charge in [0, 0.05) is 11.6 Å². The van der Waals surface area contributed by atoms with Crippen molar-refractivity contribution in [1.29, 1.82) is 0 Å². The van der Waals surface area contributed by atoms with E-state index in [-0.39, 0.29) is 0 Å². The molecule has 0 spiro atoms. The molecule has 1 N–H and O–H groups in total. The number of hydrogen-bond donors (Lipinski definition) is 1. The number of ether oxygens (including phenoxy) is 1. The number of allylic oxidation sites excluding steroid dienone is 2. The van der Waals surface area contributed by atoms with Crippen molar-refractivity contribution in [1.82, 2.24) is 0 Å². The fraction of sp³-hybridized carbons (Fsp3) is 0.172. The molecule has 0 amide bonds. The van der Waals surface area contributed by atoms with Crippen molar-refractivity contribution >= 4 is 16.5 Å². The molecule has 3 unspecified atom stereocenters. The first kappa shape index (κ1) is 18.3. The SMILES string of the molecule is C1=CC2c3cc(OCc4ccccc4)ccc3NC(c3ccc4ccccc4c3)C2C1. The molecule has 0 radical (unpaired) electrons. The second kappa shape index (κ2) is 7.63. The number of fused-ring (bicyclic) bond motifs is 4. The van der Waals surface area contributed by atoms with Crippen molar-refractivity contribution < 1.29 is 4.74 Å². The maximum Gasteiger partial charge on any atom is 0.120 e. The zero-order valence-electron chi connectivity index (χ0n) is 17.4. The van der Waals surface area contributed by atoms with Gasteiger partial charge in [0.05, 0.1) is 6.04 Å². The summed E-state index contributed by atoms with van der Waals surface area (Å²) in [7, 11) is 0. The molecule has 0 aromatic heterocycles. The molecular formula is C29H25NO. The molecule has 1 aliphatic carbocycles. The highest BCUT2D eigenvalue weighted by molar-refractivity contribution is 5.83. The number of anilines is 1. The quantitative estimate of drug-likeness (QED) is 0.362. The molecule has 1 aliphatic heterocycles. The number of nitrogens with one attached hydrogen (secondary N) is 1. The van der Waals surface area contributed by atoms with E-state index in [9.17, 15) is 0 Å². The van der Waals surface area contributed by atoms with E-state index in [2.05, 4.69) is 102 Å². The fourth-order valence-corrected chi connectivity index (χ4v) is 5.13. The number of rotatable bonds is 4. The fourth-order valence-electron chi connectivity index (χ4n) is 5.13. The Morgan fingerprint density at radius 2 is 1.65 bits per heavy atom. The van der Waals surface area contributed by atoms with Crippen LogP contribution >= 0.6 is 0 Å². The molecule has 3 atom stereocenters. The van der Waals surface area contributed by atoms with Crippen LogP contribution in [0.25, 0.3) is 10.8 Å². The van der Waals surface area contributed by atoms with Gasteiger partial charge in [-0.25, -0.2) is 0 Å². The average molecular weight is 404 g/mol. The Morgan fingerprint density at radius 3 is 2.55 bits per heavy atom. The van der Waals surface area contributed by atoms with Gasteiger partial charge in [-0.2, -0.15) is 0 Å². The highest BCUT2D eigenvalue weighted by atomic mass is 16.5. The van der Waals surface area contributed by atoms with Crippen LogP contribution in [-0.4, -0.2) is 0 Å². The Balaban J connectivity index is 1.30. The molecule has 2 heteroatoms. The minimum atomic E-state index is 0.313. The topological polar surface area (TPSA) is 21.3 Å². The van der Waals surface area contributed by atoms with Gasteiger partial charge >= 0.3 is 0 Å². The van der Waals surface area contributed by atoms with Gasteiger partial charge in [0.25, 0.3) is 0 Å². The Bertz CT molecular complexity index is 1260. The van der Waals surface area contributed by atoms with E-state index in [1.807, 2.05) is 6.07 Å². The molecule has 1 heterocycles. The maximum absolute atomic E-state index is 6.11. The lowest BCUT2D eigenvalue weighted by atomic mass is 9.77. The van der Waals surface area contributed by atoms with Crippen LogP contribution < -0.4 is 10.1 Å². The van der Waals surface area contributed by atoms with Gasteiger partial charge in [0.2, 0.25) is 0 Å². The number of hydrogen-bond acceptors (Lipinski definition) is 2. The lowest BCUT2D eigenvalue weighted by Crippen LogP contribution is -2.29. The van der Waals surface area contributed by atoms with Gasteiger partial charge < -0.3 is 10.1 Å². The highest BCUT2D eigenvalue weighted by Gasteiger charge is 2.38. The van der Waals surface area contributed by atoms with E-state index in [4.69, 9.17) is 4.74 Å². The van der Waals surface area contributed by atoms with Crippen molar-refractivity contribution in [3.05, 3.63) is 120 Å². The summed E-state index contributed by atoms with van der Waals surface area (Å²) in [6, 6.07) is 32.7. The summed E-state index contributed by atoms with van der Waals surface area (Å²) in [5.41, 5.74) is 5.13. The predicted molar refractivity (Wildman–Crippen MR) is 128 cm³/mol. The average Bonchev–Trinajstić information content (AvgIpc) is 3.33. The molecule has 31 heavy (non-hydrogen) atoms. The predicted octanol–water partition coefficient (Wildman–Crippen LogP) is 7.25. The lowest BCUT2D eigenvalue weighted by Gasteiger charge is -2.37. The Hall–Kier alpha value is -3.52. The van der Waals surface area contributed by atoms with Crippen molar-refractivity contribution in [2.75, 3.05) is 5.32 Å². The Morgan fingerprint density at radius 1 is 0.806 bits per heavy atom. The summed E-state index contributed by atoms with van der Waals surface area (Å²) in [5.74, 6) is 1.89. The third-order valence-corrected chi connectivity index (χ3v) is 6.72. The van der Waals surface area contributed by atoms with Crippen LogP contribution in [-0.2, 0) is 6.61 Å². The molecule has 152 valence electrons. The van der Waals surface area contributed by atoms with Gasteiger partial charge in [-0.15, -0.1) is 0 Å². The molecule has 6 rings (SSSR count). The van der Waals surface area contributed by atoms with Gasteiger partial charge in [-0.1, -0.05) is 78.9 Å². The standard InChI is InChI=1S/C29H25NO/c1-2-7-20(8-3-1)19-31-24-15-16-28-27(18-24)25-11-6-12-26(25)29(30-28)23-14-13-21-9-4-5-10-22(21)17-23/h1-11,13-18,25-26,29-30H,12,19H2. The van der Waals surface area contributed by atoms with Crippen LogP contribution in [0, 0.1) is 5.92 Å². The van der Waals surface area contributed by atoms with Gasteiger partial charge in [0.15, 0.2) is 0 Å². The van der Waals surface area contributed by atoms with E-state index in [1.54, 1.807) is 0 Å². The van der Waals surface area contributed by atoms with Gasteiger partial charge in [-0.3, -0.25) is 0 Å². The third-order valence-electron chi connectivity index (χ3n) is 6.72. The van der Waals surface area contributed by atoms with Crippen LogP contribution in [0.2, 0.25) is 0 Å². The van der Waals surface area contributed by atoms with Crippen molar-refractivity contribution in [2.45, 2.75) is 25.0 Å². The first-order valence-electron chi connectivity index (χ1n) is 11.1. The highest BCUT2D eigenvalue weighted by Crippen LogP contribution is 2.50. The van der Waals surface area contributed by atoms with Crippen LogP contribution in [0.5, 0.6) is 5.75 Å². The normalized spacial score (nSPS) is 21.4. The zero-order chi connectivity index (χ0) is 20.6. The smallest absolute Gasteiger partial charge is 0.120 e. The van der Waals surface area contributed by atoms with E-state index in [0.717, 1.165) is 12.2 Å². The summed E-state index contributed by atoms with van der Waals surface area (Å²) in [4.78, 5) is 0. The Kier molecular flexibility index (Phi) is 4.49. The van der Waals surface area contributed by atoms with Gasteiger partial charge in [-0.05, 0) is 64.1 Å². The summed E-state index contributed by atoms with van der Waals surface area (Å²) < 4.78 is 6.11. The molecule has 0 fully saturated rings. The first-order valence-corrected chi connectivity index (χ1v) is 11.1. The molecule has 2 nitrogen and oxygen atoms in total. The number of benzene rings is 4. The van der Waals surface area contributed by atoms with Crippen LogP contribution in [0.4, 0.5) is 5.69 Å². The molecule has 4 aromatic rings. The van der Waals surface area contributed by atoms with Gasteiger partial charge in [0.1, 0.15) is 12.4 Å². The van der Waals surface area contributed by atoms with E-state index >= 15 is 0 Å². The zero-order valence-corrected chi connectivity index (χ0v) is 17.4. The molecule has 0 bridgehead atoms. The molecular weight excluding hydrogens is 378 g/mol. The molecule has 0 saturated carbocycles. The monoisotopic (exact) mass is 403 g/mol. The Labute approximate surface area is 183 Å². The molecule has 4 aromatic carbocycles. The molecule has 0 saturated heterocycles. The summed E-state index contributed by atoms with van der Waals surface area (Å²) in [6.07, 6.45) is 5.83. The third kappa shape index (κ3) is 3.38. The molecule has 2 aliphatic rings. The van der Waals surface area contributed by atoms with Crippen LogP contribution in [0.3, 0.4) is 0 Å². The lowest BCUT2D eigenvalue weighted by molar-refractivity contribution is 0.305. The van der Waals surface area contributed by atoms with E-state index in [0.29, 0.717) is 24.5 Å². The van der Waals surface area contributed by atoms with E-state index in [1.165, 1.54) is 33.2 Å². The summed E-state index contributed by atoms with van der Waals surface area (Å²) in [6.45, 7) is 0.594. The summed E-state index contributed by atoms with van der Waals surface area (Å²) >= 11 is 0. The minimum Gasteiger partial charge on any atom is -0.489 e. The van der Waals surface area contributed by atoms with Crippen LogP contribution in [0.15, 0.2) is 103 Å². The second-order valence-corrected chi connectivity index (χ2v) is 8.61. The first-order chi connectivity index (χ1) is 15.3. The van der Waals surface area contributed by atoms with Crippen molar-refractivity contribution in [2.24, 2.45) is 5.92 Å². The van der Waals surface area contributed by atoms with Crippen molar-refractivity contribution in [3.63, 3.8) is 0 Å². The van der Waals surface area contributed by atoms with E-state index < -0.39 is 0 Å².